The molecule has 0 spiro atoms. The third-order valence-electron chi connectivity index (χ3n) is 5.36. The fourth-order valence-corrected chi connectivity index (χ4v) is 4.24. The Morgan fingerprint density at radius 3 is 2.62 bits per heavy atom. The monoisotopic (exact) mass is 289 g/mol. The summed E-state index contributed by atoms with van der Waals surface area (Å²) in [6.07, 6.45) is 6.44. The maximum absolute atomic E-state index is 6.42. The number of nitrogens with two attached hydrogens (primary N) is 1. The third-order valence-corrected chi connectivity index (χ3v) is 5.36. The molecule has 2 heterocycles. The molecule has 3 heteroatoms. The zero-order chi connectivity index (χ0) is 15.0. The van der Waals surface area contributed by atoms with Crippen LogP contribution in [0.1, 0.15) is 62.5 Å². The molecule has 1 aliphatic carbocycles. The van der Waals surface area contributed by atoms with E-state index in [0.29, 0.717) is 5.41 Å². The molecule has 1 aliphatic heterocycles. The van der Waals surface area contributed by atoms with Gasteiger partial charge in [0, 0.05) is 30.5 Å². The largest absolute Gasteiger partial charge is 0.347 e. The second kappa shape index (κ2) is 5.77. The first-order valence-corrected chi connectivity index (χ1v) is 8.63. The molecule has 0 saturated carbocycles. The summed E-state index contributed by atoms with van der Waals surface area (Å²) in [4.78, 5) is 2.63. The fourth-order valence-electron chi connectivity index (χ4n) is 4.24. The summed E-state index contributed by atoms with van der Waals surface area (Å²) in [5.74, 6) is 0. The van der Waals surface area contributed by atoms with Gasteiger partial charge in [0.25, 0.3) is 0 Å². The van der Waals surface area contributed by atoms with Crippen molar-refractivity contribution in [2.45, 2.75) is 65.5 Å². The molecule has 1 unspecified atom stereocenters. The van der Waals surface area contributed by atoms with Gasteiger partial charge in [-0.25, -0.2) is 0 Å². The van der Waals surface area contributed by atoms with Crippen LogP contribution in [0.4, 0.5) is 0 Å². The Morgan fingerprint density at radius 2 is 1.90 bits per heavy atom. The van der Waals surface area contributed by atoms with Gasteiger partial charge < -0.3 is 15.2 Å². The molecule has 0 amide bonds. The van der Waals surface area contributed by atoms with Crippen LogP contribution in [-0.2, 0) is 13.0 Å². The SMILES string of the molecule is Cc1cc2c(n1CCN1CCCCC1)CC(C)(C)CC2N. The van der Waals surface area contributed by atoms with Crippen molar-refractivity contribution in [1.82, 2.24) is 9.47 Å². The zero-order valence-corrected chi connectivity index (χ0v) is 14.0. The first-order valence-electron chi connectivity index (χ1n) is 8.63. The molecule has 3 nitrogen and oxygen atoms in total. The van der Waals surface area contributed by atoms with E-state index in [-0.39, 0.29) is 6.04 Å². The second-order valence-electron chi connectivity index (χ2n) is 7.89. The van der Waals surface area contributed by atoms with Crippen molar-refractivity contribution in [3.05, 3.63) is 23.0 Å². The number of piperidine rings is 1. The van der Waals surface area contributed by atoms with Crippen molar-refractivity contribution in [2.24, 2.45) is 11.1 Å². The molecule has 0 aromatic carbocycles. The number of fused-ring (bicyclic) bond motifs is 1. The topological polar surface area (TPSA) is 34.2 Å². The lowest BCUT2D eigenvalue weighted by molar-refractivity contribution is 0.216. The van der Waals surface area contributed by atoms with E-state index < -0.39 is 0 Å². The van der Waals surface area contributed by atoms with Crippen LogP contribution in [0.2, 0.25) is 0 Å². The minimum Gasteiger partial charge on any atom is -0.347 e. The molecule has 1 saturated heterocycles. The molecule has 118 valence electrons. The normalized spacial score (nSPS) is 25.8. The molecule has 3 rings (SSSR count). The van der Waals surface area contributed by atoms with E-state index in [1.165, 1.54) is 62.3 Å². The average Bonchev–Trinajstić information content (AvgIpc) is 2.73. The van der Waals surface area contributed by atoms with Crippen molar-refractivity contribution in [2.75, 3.05) is 19.6 Å². The number of hydrogen-bond acceptors (Lipinski definition) is 2. The molecule has 21 heavy (non-hydrogen) atoms. The van der Waals surface area contributed by atoms with Crippen LogP contribution >= 0.6 is 0 Å². The van der Waals surface area contributed by atoms with Crippen LogP contribution in [0, 0.1) is 12.3 Å². The van der Waals surface area contributed by atoms with E-state index in [2.05, 4.69) is 36.3 Å². The number of nitrogens with zero attached hydrogens (tertiary/aromatic N) is 2. The standard InChI is InChI=1S/C18H31N3/c1-14-11-15-16(19)12-18(2,3)13-17(15)21(14)10-9-20-7-5-4-6-8-20/h11,16H,4-10,12-13,19H2,1-3H3. The van der Waals surface area contributed by atoms with Gasteiger partial charge >= 0.3 is 0 Å². The van der Waals surface area contributed by atoms with Gasteiger partial charge in [-0.05, 0) is 62.7 Å². The molecular weight excluding hydrogens is 258 g/mol. The van der Waals surface area contributed by atoms with Crippen LogP contribution in [0.15, 0.2) is 6.07 Å². The van der Waals surface area contributed by atoms with E-state index in [4.69, 9.17) is 5.73 Å². The molecule has 1 aromatic heterocycles. The number of hydrogen-bond donors (Lipinski definition) is 1. The summed E-state index contributed by atoms with van der Waals surface area (Å²) in [6.45, 7) is 11.8. The molecule has 1 fully saturated rings. The van der Waals surface area contributed by atoms with Gasteiger partial charge in [-0.3, -0.25) is 0 Å². The van der Waals surface area contributed by atoms with Gasteiger partial charge in [0.15, 0.2) is 0 Å². The first kappa shape index (κ1) is 15.1. The Hall–Kier alpha value is -0.800. The maximum atomic E-state index is 6.42. The molecule has 0 bridgehead atoms. The fraction of sp³-hybridized carbons (Fsp3) is 0.778. The summed E-state index contributed by atoms with van der Waals surface area (Å²) in [5.41, 5.74) is 11.1. The molecule has 0 radical (unpaired) electrons. The summed E-state index contributed by atoms with van der Waals surface area (Å²) in [6, 6.07) is 2.56. The Labute approximate surface area is 129 Å². The van der Waals surface area contributed by atoms with E-state index in [9.17, 15) is 0 Å². The predicted octanol–water partition coefficient (Wildman–Crippen LogP) is 3.25. The van der Waals surface area contributed by atoms with Crippen LogP contribution in [0.25, 0.3) is 0 Å². The average molecular weight is 289 g/mol. The quantitative estimate of drug-likeness (QED) is 0.927. The van der Waals surface area contributed by atoms with Gasteiger partial charge in [-0.1, -0.05) is 20.3 Å². The van der Waals surface area contributed by atoms with Gasteiger partial charge in [0.2, 0.25) is 0 Å². The van der Waals surface area contributed by atoms with Crippen molar-refractivity contribution in [3.63, 3.8) is 0 Å². The van der Waals surface area contributed by atoms with Crippen LogP contribution in [0.5, 0.6) is 0 Å². The Kier molecular flexibility index (Phi) is 4.15. The summed E-state index contributed by atoms with van der Waals surface area (Å²) < 4.78 is 2.55. The minimum absolute atomic E-state index is 0.221. The highest BCUT2D eigenvalue weighted by molar-refractivity contribution is 5.34. The predicted molar refractivity (Wildman–Crippen MR) is 88.5 cm³/mol. The van der Waals surface area contributed by atoms with Gasteiger partial charge in [0.1, 0.15) is 0 Å². The summed E-state index contributed by atoms with van der Waals surface area (Å²) in [7, 11) is 0. The lowest BCUT2D eigenvalue weighted by atomic mass is 9.74. The highest BCUT2D eigenvalue weighted by Gasteiger charge is 2.33. The first-order chi connectivity index (χ1) is 9.96. The molecule has 2 aliphatic rings. The van der Waals surface area contributed by atoms with Crippen molar-refractivity contribution in [1.29, 1.82) is 0 Å². The number of aromatic nitrogens is 1. The Balaban J connectivity index is 1.76. The second-order valence-corrected chi connectivity index (χ2v) is 7.89. The molecular formula is C18H31N3. The lowest BCUT2D eigenvalue weighted by Crippen LogP contribution is -2.34. The van der Waals surface area contributed by atoms with Crippen LogP contribution in [-0.4, -0.2) is 29.1 Å². The minimum atomic E-state index is 0.221. The van der Waals surface area contributed by atoms with Crippen molar-refractivity contribution in [3.8, 4) is 0 Å². The number of likely N-dealkylation sites (tertiary alicyclic amines) is 1. The van der Waals surface area contributed by atoms with Crippen molar-refractivity contribution < 1.29 is 0 Å². The van der Waals surface area contributed by atoms with Crippen LogP contribution in [0.3, 0.4) is 0 Å². The maximum Gasteiger partial charge on any atom is 0.0352 e. The molecule has 1 atom stereocenters. The highest BCUT2D eigenvalue weighted by Crippen LogP contribution is 2.40. The van der Waals surface area contributed by atoms with Gasteiger partial charge in [0.05, 0.1) is 0 Å². The summed E-state index contributed by atoms with van der Waals surface area (Å²) in [5, 5.41) is 0. The van der Waals surface area contributed by atoms with Crippen molar-refractivity contribution >= 4 is 0 Å². The third kappa shape index (κ3) is 3.19. The number of aryl methyl sites for hydroxylation is 1. The lowest BCUT2D eigenvalue weighted by Gasteiger charge is -2.35. The van der Waals surface area contributed by atoms with Gasteiger partial charge in [-0.15, -0.1) is 0 Å². The smallest absolute Gasteiger partial charge is 0.0352 e. The Morgan fingerprint density at radius 1 is 1.19 bits per heavy atom. The molecule has 2 N–H and O–H groups in total. The number of rotatable bonds is 3. The zero-order valence-electron chi connectivity index (χ0n) is 14.0. The molecule has 1 aromatic rings. The Bertz CT molecular complexity index is 495. The van der Waals surface area contributed by atoms with E-state index in [1.807, 2.05) is 0 Å². The van der Waals surface area contributed by atoms with Crippen LogP contribution < -0.4 is 5.73 Å². The summed E-state index contributed by atoms with van der Waals surface area (Å²) >= 11 is 0. The van der Waals surface area contributed by atoms with Gasteiger partial charge in [-0.2, -0.15) is 0 Å². The highest BCUT2D eigenvalue weighted by atomic mass is 15.2. The van der Waals surface area contributed by atoms with E-state index in [0.717, 1.165) is 13.0 Å². The van der Waals surface area contributed by atoms with E-state index in [1.54, 1.807) is 0 Å². The van der Waals surface area contributed by atoms with E-state index >= 15 is 0 Å².